The lowest BCUT2D eigenvalue weighted by molar-refractivity contribution is 0.175. The highest BCUT2D eigenvalue weighted by molar-refractivity contribution is 5.63. The van der Waals surface area contributed by atoms with E-state index >= 15 is 0 Å². The van der Waals surface area contributed by atoms with Gasteiger partial charge in [-0.1, -0.05) is 12.0 Å². The first-order chi connectivity index (χ1) is 7.78. The summed E-state index contributed by atoms with van der Waals surface area (Å²) in [7, 11) is 0. The van der Waals surface area contributed by atoms with Crippen molar-refractivity contribution in [1.82, 2.24) is 0 Å². The number of terminal acetylenes is 1. The molecular weight excluding hydrogens is 212 g/mol. The fourth-order valence-corrected chi connectivity index (χ4v) is 1.63. The summed E-state index contributed by atoms with van der Waals surface area (Å²) in [6.45, 7) is 7.27. The fraction of sp³-hybridized carbons (Fsp3) is 0.333. The summed E-state index contributed by atoms with van der Waals surface area (Å²) in [6.07, 6.45) is 8.59. The molecule has 1 aromatic rings. The number of hydrogen-bond donors (Lipinski definition) is 2. The Hall–Kier alpha value is -1.72. The van der Waals surface area contributed by atoms with Gasteiger partial charge in [0.05, 0.1) is 0 Å². The monoisotopic (exact) mass is 230 g/mol. The summed E-state index contributed by atoms with van der Waals surface area (Å²) < 4.78 is 0. The van der Waals surface area contributed by atoms with Gasteiger partial charge in [-0.3, -0.25) is 0 Å². The summed E-state index contributed by atoms with van der Waals surface area (Å²) in [5, 5.41) is 19.4. The molecule has 1 rings (SSSR count). The number of aryl methyl sites for hydroxylation is 1. The van der Waals surface area contributed by atoms with Crippen molar-refractivity contribution in [3.8, 4) is 18.1 Å². The molecule has 0 fully saturated rings. The Morgan fingerprint density at radius 1 is 1.29 bits per heavy atom. The third-order valence-electron chi connectivity index (χ3n) is 3.00. The van der Waals surface area contributed by atoms with Crippen molar-refractivity contribution in [2.24, 2.45) is 0 Å². The third kappa shape index (κ3) is 2.89. The van der Waals surface area contributed by atoms with Crippen molar-refractivity contribution in [3.05, 3.63) is 34.4 Å². The Bertz CT molecular complexity index is 503. The van der Waals surface area contributed by atoms with Gasteiger partial charge >= 0.3 is 0 Å². The van der Waals surface area contributed by atoms with Gasteiger partial charge < -0.3 is 10.2 Å². The van der Waals surface area contributed by atoms with Crippen LogP contribution in [0.2, 0.25) is 0 Å². The first kappa shape index (κ1) is 13.3. The lowest BCUT2D eigenvalue weighted by Crippen LogP contribution is -2.16. The van der Waals surface area contributed by atoms with Crippen molar-refractivity contribution in [1.29, 1.82) is 0 Å². The molecule has 0 heterocycles. The van der Waals surface area contributed by atoms with E-state index in [4.69, 9.17) is 6.42 Å². The average Bonchev–Trinajstić information content (AvgIpc) is 2.26. The van der Waals surface area contributed by atoms with Gasteiger partial charge in [0.25, 0.3) is 0 Å². The number of phenolic OH excluding ortho intramolecular Hbond substituents is 1. The second kappa shape index (κ2) is 4.65. The first-order valence-corrected chi connectivity index (χ1v) is 5.47. The lowest BCUT2D eigenvalue weighted by atomic mass is 9.95. The van der Waals surface area contributed by atoms with E-state index in [0.29, 0.717) is 5.75 Å². The van der Waals surface area contributed by atoms with E-state index in [1.165, 1.54) is 0 Å². The van der Waals surface area contributed by atoms with E-state index in [2.05, 4.69) is 5.92 Å². The lowest BCUT2D eigenvalue weighted by Gasteiger charge is -2.13. The van der Waals surface area contributed by atoms with Gasteiger partial charge in [-0.2, -0.15) is 0 Å². The van der Waals surface area contributed by atoms with Crippen LogP contribution in [0.1, 0.15) is 29.2 Å². The van der Waals surface area contributed by atoms with Crippen molar-refractivity contribution < 1.29 is 10.2 Å². The smallest absolute Gasteiger partial charge is 0.141 e. The maximum Gasteiger partial charge on any atom is 0.141 e. The number of rotatable bonds is 2. The zero-order chi connectivity index (χ0) is 13.2. The molecule has 0 aliphatic rings. The molecule has 2 heteroatoms. The molecule has 0 aliphatic heterocycles. The van der Waals surface area contributed by atoms with Crippen LogP contribution in [0.5, 0.6) is 5.75 Å². The Kier molecular flexibility index (Phi) is 3.65. The molecule has 0 amide bonds. The van der Waals surface area contributed by atoms with Crippen molar-refractivity contribution in [2.45, 2.75) is 33.3 Å². The highest BCUT2D eigenvalue weighted by Crippen LogP contribution is 2.27. The van der Waals surface area contributed by atoms with Crippen LogP contribution >= 0.6 is 0 Å². The highest BCUT2D eigenvalue weighted by Gasteiger charge is 2.12. The van der Waals surface area contributed by atoms with Gasteiger partial charge in [-0.15, -0.1) is 6.42 Å². The summed E-state index contributed by atoms with van der Waals surface area (Å²) >= 11 is 0. The van der Waals surface area contributed by atoms with E-state index in [1.54, 1.807) is 25.1 Å². The number of hydrogen-bond acceptors (Lipinski definition) is 2. The van der Waals surface area contributed by atoms with Crippen LogP contribution < -0.4 is 0 Å². The summed E-state index contributed by atoms with van der Waals surface area (Å²) in [5.41, 5.74) is 2.53. The Morgan fingerprint density at radius 3 is 2.41 bits per heavy atom. The minimum atomic E-state index is -1.25. The van der Waals surface area contributed by atoms with Crippen molar-refractivity contribution in [3.63, 3.8) is 0 Å². The minimum Gasteiger partial charge on any atom is -0.508 e. The molecule has 2 nitrogen and oxygen atoms in total. The Morgan fingerprint density at radius 2 is 1.88 bits per heavy atom. The predicted molar refractivity (Wildman–Crippen MR) is 70.8 cm³/mol. The summed E-state index contributed by atoms with van der Waals surface area (Å²) in [4.78, 5) is 0. The molecule has 0 saturated carbocycles. The van der Waals surface area contributed by atoms with Gasteiger partial charge in [0, 0.05) is 0 Å². The predicted octanol–water partition coefficient (Wildman–Crippen LogP) is 2.71. The van der Waals surface area contributed by atoms with Crippen molar-refractivity contribution in [2.75, 3.05) is 0 Å². The molecule has 0 aromatic heterocycles. The van der Waals surface area contributed by atoms with Crippen LogP contribution in [-0.2, 0) is 0 Å². The molecule has 0 radical (unpaired) electrons. The fourth-order valence-electron chi connectivity index (χ4n) is 1.63. The maximum absolute atomic E-state index is 9.72. The molecule has 2 N–H and O–H groups in total. The standard InChI is InChI=1S/C15H18O2/c1-6-15(5,17)8-7-13-10(2)9-14(16)12(4)11(13)3/h1,7-9,16-17H,2-5H3/b8-7+. The van der Waals surface area contributed by atoms with E-state index in [-0.39, 0.29) is 0 Å². The van der Waals surface area contributed by atoms with Crippen LogP contribution in [0.25, 0.3) is 6.08 Å². The van der Waals surface area contributed by atoms with Gasteiger partial charge in [-0.05, 0) is 62.1 Å². The van der Waals surface area contributed by atoms with Gasteiger partial charge in [-0.25, -0.2) is 0 Å². The SMILES string of the molecule is C#CC(C)(O)/C=C/c1c(C)cc(O)c(C)c1C. The van der Waals surface area contributed by atoms with Gasteiger partial charge in [0.15, 0.2) is 0 Å². The van der Waals surface area contributed by atoms with E-state index < -0.39 is 5.60 Å². The van der Waals surface area contributed by atoms with Crippen LogP contribution in [0, 0.1) is 33.1 Å². The Balaban J connectivity index is 3.26. The van der Waals surface area contributed by atoms with Crippen LogP contribution in [0.4, 0.5) is 0 Å². The second-order valence-corrected chi connectivity index (χ2v) is 4.50. The number of aromatic hydroxyl groups is 1. The van der Waals surface area contributed by atoms with Gasteiger partial charge in [0.1, 0.15) is 11.4 Å². The molecule has 0 saturated heterocycles. The summed E-state index contributed by atoms with van der Waals surface area (Å²) in [5.74, 6) is 2.59. The minimum absolute atomic E-state index is 0.292. The Labute approximate surface area is 103 Å². The second-order valence-electron chi connectivity index (χ2n) is 4.50. The molecule has 1 atom stereocenters. The van der Waals surface area contributed by atoms with E-state index in [9.17, 15) is 10.2 Å². The molecule has 0 bridgehead atoms. The third-order valence-corrected chi connectivity index (χ3v) is 3.00. The maximum atomic E-state index is 9.72. The zero-order valence-electron chi connectivity index (χ0n) is 10.7. The quantitative estimate of drug-likeness (QED) is 0.767. The number of phenols is 1. The molecule has 90 valence electrons. The normalized spacial score (nSPS) is 14.6. The summed E-state index contributed by atoms with van der Waals surface area (Å²) in [6, 6.07) is 1.71. The molecule has 0 aliphatic carbocycles. The highest BCUT2D eigenvalue weighted by atomic mass is 16.3. The average molecular weight is 230 g/mol. The molecule has 17 heavy (non-hydrogen) atoms. The topological polar surface area (TPSA) is 40.5 Å². The van der Waals surface area contributed by atoms with Crippen molar-refractivity contribution >= 4 is 6.08 Å². The largest absolute Gasteiger partial charge is 0.508 e. The van der Waals surface area contributed by atoms with Crippen LogP contribution in [-0.4, -0.2) is 15.8 Å². The van der Waals surface area contributed by atoms with Crippen LogP contribution in [0.15, 0.2) is 12.1 Å². The molecule has 1 aromatic carbocycles. The van der Waals surface area contributed by atoms with E-state index in [1.807, 2.05) is 20.8 Å². The van der Waals surface area contributed by atoms with E-state index in [0.717, 1.165) is 22.3 Å². The molecule has 1 unspecified atom stereocenters. The number of benzene rings is 1. The molecule has 0 spiro atoms. The zero-order valence-corrected chi connectivity index (χ0v) is 10.7. The first-order valence-electron chi connectivity index (χ1n) is 5.47. The van der Waals surface area contributed by atoms with Crippen LogP contribution in [0.3, 0.4) is 0 Å². The van der Waals surface area contributed by atoms with Gasteiger partial charge in [0.2, 0.25) is 0 Å². The molecular formula is C15H18O2. The number of aliphatic hydroxyl groups is 1.